The molecule has 0 fully saturated rings. The molecule has 0 unspecified atom stereocenters. The van der Waals surface area contributed by atoms with Crippen LogP contribution in [-0.2, 0) is 0 Å². The molecule has 1 aromatic heterocycles. The molecule has 0 aromatic carbocycles. The molecule has 0 saturated carbocycles. The molecule has 2 N–H and O–H groups in total. The van der Waals surface area contributed by atoms with Gasteiger partial charge in [-0.1, -0.05) is 13.3 Å². The van der Waals surface area contributed by atoms with E-state index >= 15 is 0 Å². The minimum absolute atomic E-state index is 0.0882. The van der Waals surface area contributed by atoms with Crippen LogP contribution in [0.1, 0.15) is 58.8 Å². The number of aromatic nitrogens is 1. The number of carboxylic acids is 1. The second kappa shape index (κ2) is 6.41. The van der Waals surface area contributed by atoms with Crippen LogP contribution in [0.5, 0.6) is 0 Å². The smallest absolute Gasteiger partial charge is 0.352 e. The third-order valence-electron chi connectivity index (χ3n) is 3.32. The third-order valence-corrected chi connectivity index (χ3v) is 3.32. The Hall–Kier alpha value is -1.78. The maximum atomic E-state index is 12.5. The van der Waals surface area contributed by atoms with Gasteiger partial charge >= 0.3 is 5.97 Å². The third kappa shape index (κ3) is 3.16. The molecular formula is C14H22N2O3. The molecule has 0 atom stereocenters. The van der Waals surface area contributed by atoms with Crippen molar-refractivity contribution in [1.82, 2.24) is 9.88 Å². The van der Waals surface area contributed by atoms with E-state index in [1.54, 1.807) is 18.7 Å². The molecule has 0 radical (unpaired) electrons. The number of aryl methyl sites for hydroxylation is 1. The monoisotopic (exact) mass is 266 g/mol. The summed E-state index contributed by atoms with van der Waals surface area (Å²) in [5.74, 6) is -1.12. The predicted molar refractivity (Wildman–Crippen MR) is 73.7 cm³/mol. The molecular weight excluding hydrogens is 244 g/mol. The molecule has 0 aliphatic carbocycles. The van der Waals surface area contributed by atoms with Gasteiger partial charge in [-0.2, -0.15) is 0 Å². The maximum Gasteiger partial charge on any atom is 0.352 e. The van der Waals surface area contributed by atoms with Gasteiger partial charge < -0.3 is 15.0 Å². The van der Waals surface area contributed by atoms with Gasteiger partial charge in [0.1, 0.15) is 5.69 Å². The summed E-state index contributed by atoms with van der Waals surface area (Å²) >= 11 is 0. The Bertz CT molecular complexity index is 477. The van der Waals surface area contributed by atoms with Crippen molar-refractivity contribution in [3.8, 4) is 0 Å². The summed E-state index contributed by atoms with van der Waals surface area (Å²) in [6.45, 7) is 8.76. The maximum absolute atomic E-state index is 12.5. The Labute approximate surface area is 113 Å². The molecule has 0 aliphatic rings. The number of nitrogens with one attached hydrogen (secondary N) is 1. The quantitative estimate of drug-likeness (QED) is 0.831. The number of amides is 1. The number of carboxylic acid groups (broad SMARTS) is 1. The molecule has 0 saturated heterocycles. The minimum atomic E-state index is -1.03. The molecule has 0 spiro atoms. The summed E-state index contributed by atoms with van der Waals surface area (Å²) < 4.78 is 0. The number of unbranched alkanes of at least 4 members (excludes halogenated alkanes) is 1. The van der Waals surface area contributed by atoms with Crippen molar-refractivity contribution < 1.29 is 14.7 Å². The van der Waals surface area contributed by atoms with Gasteiger partial charge in [0.05, 0.1) is 5.56 Å². The summed E-state index contributed by atoms with van der Waals surface area (Å²) in [4.78, 5) is 28.1. The van der Waals surface area contributed by atoms with Gasteiger partial charge in [-0.3, -0.25) is 4.79 Å². The van der Waals surface area contributed by atoms with Crippen LogP contribution in [-0.4, -0.2) is 40.0 Å². The van der Waals surface area contributed by atoms with Crippen molar-refractivity contribution in [3.05, 3.63) is 22.5 Å². The highest BCUT2D eigenvalue weighted by molar-refractivity contribution is 6.00. The summed E-state index contributed by atoms with van der Waals surface area (Å²) in [7, 11) is 0. The Morgan fingerprint density at radius 3 is 2.32 bits per heavy atom. The fourth-order valence-electron chi connectivity index (χ4n) is 2.20. The lowest BCUT2D eigenvalue weighted by atomic mass is 10.1. The number of aromatic amines is 1. The lowest BCUT2D eigenvalue weighted by Gasteiger charge is -2.21. The average Bonchev–Trinajstić information content (AvgIpc) is 2.65. The van der Waals surface area contributed by atoms with Crippen molar-refractivity contribution in [2.75, 3.05) is 13.1 Å². The number of hydrogen-bond acceptors (Lipinski definition) is 2. The van der Waals surface area contributed by atoms with Crippen molar-refractivity contribution in [3.63, 3.8) is 0 Å². The highest BCUT2D eigenvalue weighted by atomic mass is 16.4. The van der Waals surface area contributed by atoms with Crippen LogP contribution < -0.4 is 0 Å². The second-order valence-corrected chi connectivity index (χ2v) is 4.67. The number of H-pyrrole nitrogens is 1. The van der Waals surface area contributed by atoms with E-state index in [1.165, 1.54) is 0 Å². The van der Waals surface area contributed by atoms with Gasteiger partial charge in [0.25, 0.3) is 5.91 Å². The van der Waals surface area contributed by atoms with Crippen LogP contribution >= 0.6 is 0 Å². The fraction of sp³-hybridized carbons (Fsp3) is 0.571. The molecule has 5 nitrogen and oxygen atoms in total. The largest absolute Gasteiger partial charge is 0.477 e. The van der Waals surface area contributed by atoms with Gasteiger partial charge in [0.15, 0.2) is 0 Å². The Morgan fingerprint density at radius 2 is 1.89 bits per heavy atom. The van der Waals surface area contributed by atoms with Crippen LogP contribution in [0.4, 0.5) is 0 Å². The first-order chi connectivity index (χ1) is 8.93. The number of rotatable bonds is 6. The summed E-state index contributed by atoms with van der Waals surface area (Å²) in [5, 5.41) is 9.07. The standard InChI is InChI=1S/C14H22N2O3/c1-5-7-8-16(6-2)13(17)11-9(3)12(14(18)19)15-10(11)4/h15H,5-8H2,1-4H3,(H,18,19). The average molecular weight is 266 g/mol. The van der Waals surface area contributed by atoms with Gasteiger partial charge in [0.2, 0.25) is 0 Å². The van der Waals surface area contributed by atoms with Gasteiger partial charge in [-0.25, -0.2) is 4.79 Å². The molecule has 19 heavy (non-hydrogen) atoms. The number of aromatic carboxylic acids is 1. The lowest BCUT2D eigenvalue weighted by Crippen LogP contribution is -2.32. The van der Waals surface area contributed by atoms with E-state index < -0.39 is 5.97 Å². The molecule has 0 aliphatic heterocycles. The minimum Gasteiger partial charge on any atom is -0.477 e. The number of carbonyl (C=O) groups excluding carboxylic acids is 1. The fourth-order valence-corrected chi connectivity index (χ4v) is 2.20. The van der Waals surface area contributed by atoms with Crippen molar-refractivity contribution in [2.45, 2.75) is 40.5 Å². The number of hydrogen-bond donors (Lipinski definition) is 2. The molecule has 1 rings (SSSR count). The molecule has 1 heterocycles. The Morgan fingerprint density at radius 1 is 1.26 bits per heavy atom. The molecule has 1 amide bonds. The van der Waals surface area contributed by atoms with E-state index in [1.807, 2.05) is 6.92 Å². The van der Waals surface area contributed by atoms with Crippen LogP contribution in [0.2, 0.25) is 0 Å². The summed E-state index contributed by atoms with van der Waals surface area (Å²) in [5.41, 5.74) is 1.74. The topological polar surface area (TPSA) is 73.4 Å². The van der Waals surface area contributed by atoms with Crippen molar-refractivity contribution >= 4 is 11.9 Å². The highest BCUT2D eigenvalue weighted by Gasteiger charge is 2.24. The van der Waals surface area contributed by atoms with Crippen LogP contribution in [0, 0.1) is 13.8 Å². The zero-order chi connectivity index (χ0) is 14.6. The normalized spacial score (nSPS) is 10.5. The predicted octanol–water partition coefficient (Wildman–Crippen LogP) is 2.59. The van der Waals surface area contributed by atoms with Gasteiger partial charge in [-0.05, 0) is 32.8 Å². The zero-order valence-corrected chi connectivity index (χ0v) is 12.0. The highest BCUT2D eigenvalue weighted by Crippen LogP contribution is 2.20. The number of carbonyl (C=O) groups is 2. The van der Waals surface area contributed by atoms with E-state index in [4.69, 9.17) is 5.11 Å². The first-order valence-electron chi connectivity index (χ1n) is 6.65. The van der Waals surface area contributed by atoms with Gasteiger partial charge in [-0.15, -0.1) is 0 Å². The van der Waals surface area contributed by atoms with Gasteiger partial charge in [0, 0.05) is 18.8 Å². The van der Waals surface area contributed by atoms with E-state index in [2.05, 4.69) is 11.9 Å². The van der Waals surface area contributed by atoms with E-state index in [0.29, 0.717) is 29.9 Å². The van der Waals surface area contributed by atoms with Crippen molar-refractivity contribution in [2.24, 2.45) is 0 Å². The van der Waals surface area contributed by atoms with E-state index in [0.717, 1.165) is 12.8 Å². The Kier molecular flexibility index (Phi) is 5.15. The van der Waals surface area contributed by atoms with Crippen LogP contribution in [0.15, 0.2) is 0 Å². The van der Waals surface area contributed by atoms with Crippen LogP contribution in [0.25, 0.3) is 0 Å². The lowest BCUT2D eigenvalue weighted by molar-refractivity contribution is 0.0690. The second-order valence-electron chi connectivity index (χ2n) is 4.67. The first-order valence-corrected chi connectivity index (χ1v) is 6.65. The number of nitrogens with zero attached hydrogens (tertiary/aromatic N) is 1. The molecule has 5 heteroatoms. The zero-order valence-electron chi connectivity index (χ0n) is 12.0. The Balaban J connectivity index is 3.08. The molecule has 1 aromatic rings. The first kappa shape index (κ1) is 15.3. The summed E-state index contributed by atoms with van der Waals surface area (Å²) in [6, 6.07) is 0. The molecule has 0 bridgehead atoms. The van der Waals surface area contributed by atoms with Crippen LogP contribution in [0.3, 0.4) is 0 Å². The summed E-state index contributed by atoms with van der Waals surface area (Å²) in [6.07, 6.45) is 1.98. The molecule has 106 valence electrons. The van der Waals surface area contributed by atoms with E-state index in [9.17, 15) is 9.59 Å². The van der Waals surface area contributed by atoms with E-state index in [-0.39, 0.29) is 11.6 Å². The SMILES string of the molecule is CCCCN(CC)C(=O)c1c(C)[nH]c(C(=O)O)c1C. The van der Waals surface area contributed by atoms with Crippen molar-refractivity contribution in [1.29, 1.82) is 0 Å².